The lowest BCUT2D eigenvalue weighted by molar-refractivity contribution is -0.0464. The molecule has 2 rings (SSSR count). The van der Waals surface area contributed by atoms with E-state index in [9.17, 15) is 19.1 Å². The molecule has 7 nitrogen and oxygen atoms in total. The van der Waals surface area contributed by atoms with Crippen LogP contribution in [0.1, 0.15) is 24.6 Å². The molecule has 3 atom stereocenters. The minimum absolute atomic E-state index is 0.00541. The largest absolute Gasteiger partial charge is 0.394 e. The van der Waals surface area contributed by atoms with Crippen LogP contribution in [0.5, 0.6) is 0 Å². The van der Waals surface area contributed by atoms with Gasteiger partial charge in [0.25, 0.3) is 5.56 Å². The highest BCUT2D eigenvalue weighted by Crippen LogP contribution is 2.27. The molecule has 0 spiro atoms. The van der Waals surface area contributed by atoms with Gasteiger partial charge in [-0.15, -0.1) is 0 Å². The molecule has 0 aliphatic carbocycles. The van der Waals surface area contributed by atoms with Gasteiger partial charge in [-0.05, 0) is 13.3 Å². The van der Waals surface area contributed by atoms with Gasteiger partial charge in [-0.3, -0.25) is 18.3 Å². The number of hydrogen-bond donors (Lipinski definition) is 2. The smallest absolute Gasteiger partial charge is 0.333 e. The normalized spacial score (nSPS) is 25.4. The molecule has 1 fully saturated rings. The molecule has 0 saturated carbocycles. The summed E-state index contributed by atoms with van der Waals surface area (Å²) in [6.45, 7) is 0.575. The third-order valence-corrected chi connectivity index (χ3v) is 3.58. The van der Waals surface area contributed by atoms with E-state index < -0.39 is 36.4 Å². The van der Waals surface area contributed by atoms with E-state index in [2.05, 4.69) is 0 Å². The number of aliphatic hydroxyl groups excluding tert-OH is 2. The van der Waals surface area contributed by atoms with Gasteiger partial charge < -0.3 is 14.9 Å². The molecule has 0 aromatic carbocycles. The van der Waals surface area contributed by atoms with Crippen LogP contribution in [0.4, 0.5) is 4.39 Å². The van der Waals surface area contributed by atoms with E-state index >= 15 is 0 Å². The van der Waals surface area contributed by atoms with Gasteiger partial charge >= 0.3 is 5.69 Å². The summed E-state index contributed by atoms with van der Waals surface area (Å²) in [5.41, 5.74) is -0.726. The number of aromatic nitrogens is 2. The number of aryl methyl sites for hydroxylation is 1. The van der Waals surface area contributed by atoms with Gasteiger partial charge in [0, 0.05) is 24.7 Å². The van der Waals surface area contributed by atoms with Crippen LogP contribution in [-0.4, -0.2) is 44.8 Å². The van der Waals surface area contributed by atoms with Crippen molar-refractivity contribution < 1.29 is 19.3 Å². The number of alkyl halides is 1. The summed E-state index contributed by atoms with van der Waals surface area (Å²) >= 11 is 0. The first kappa shape index (κ1) is 15.9. The van der Waals surface area contributed by atoms with Gasteiger partial charge in [0.1, 0.15) is 12.3 Å². The maximum absolute atomic E-state index is 12.3. The Morgan fingerprint density at radius 2 is 2.19 bits per heavy atom. The highest BCUT2D eigenvalue weighted by atomic mass is 19.1. The van der Waals surface area contributed by atoms with Crippen molar-refractivity contribution in [3.8, 4) is 0 Å². The number of aliphatic hydroxyl groups is 2. The maximum atomic E-state index is 12.3. The molecule has 8 heteroatoms. The molecule has 0 amide bonds. The summed E-state index contributed by atoms with van der Waals surface area (Å²) in [4.78, 5) is 24.3. The fourth-order valence-electron chi connectivity index (χ4n) is 2.43. The number of ether oxygens (including phenoxy) is 1. The quantitative estimate of drug-likeness (QED) is 0.751. The Kier molecular flexibility index (Phi) is 4.92. The minimum atomic E-state index is -0.876. The molecule has 2 heterocycles. The molecule has 118 valence electrons. The van der Waals surface area contributed by atoms with Crippen molar-refractivity contribution in [1.29, 1.82) is 0 Å². The number of halogens is 1. The summed E-state index contributed by atoms with van der Waals surface area (Å²) in [5, 5.41) is 18.8. The Hall–Kier alpha value is -1.51. The molecule has 2 N–H and O–H groups in total. The van der Waals surface area contributed by atoms with E-state index in [0.717, 1.165) is 4.57 Å². The number of rotatable bonds is 5. The van der Waals surface area contributed by atoms with Crippen molar-refractivity contribution >= 4 is 0 Å². The number of hydrogen-bond acceptors (Lipinski definition) is 5. The highest BCUT2D eigenvalue weighted by Gasteiger charge is 2.35. The van der Waals surface area contributed by atoms with Crippen LogP contribution in [0.2, 0.25) is 0 Å². The molecular weight excluding hydrogens is 283 g/mol. The van der Waals surface area contributed by atoms with Crippen LogP contribution in [0.3, 0.4) is 0 Å². The van der Waals surface area contributed by atoms with E-state index in [1.807, 2.05) is 0 Å². The molecule has 0 unspecified atom stereocenters. The molecule has 1 aliphatic rings. The lowest BCUT2D eigenvalue weighted by Crippen LogP contribution is -2.42. The second kappa shape index (κ2) is 6.50. The maximum Gasteiger partial charge on any atom is 0.333 e. The van der Waals surface area contributed by atoms with Crippen molar-refractivity contribution in [3.05, 3.63) is 32.6 Å². The minimum Gasteiger partial charge on any atom is -0.394 e. The van der Waals surface area contributed by atoms with Crippen LogP contribution < -0.4 is 11.2 Å². The van der Waals surface area contributed by atoms with E-state index in [0.29, 0.717) is 5.56 Å². The van der Waals surface area contributed by atoms with Gasteiger partial charge in [-0.2, -0.15) is 0 Å². The fraction of sp³-hybridized carbons (Fsp3) is 0.692. The van der Waals surface area contributed by atoms with Crippen molar-refractivity contribution in [3.63, 3.8) is 0 Å². The second-order valence-corrected chi connectivity index (χ2v) is 5.12. The highest BCUT2D eigenvalue weighted by molar-refractivity contribution is 5.04. The Morgan fingerprint density at radius 3 is 2.76 bits per heavy atom. The van der Waals surface area contributed by atoms with Gasteiger partial charge in [-0.25, -0.2) is 4.79 Å². The van der Waals surface area contributed by atoms with E-state index in [4.69, 9.17) is 9.84 Å². The average molecular weight is 302 g/mol. The Morgan fingerprint density at radius 1 is 1.48 bits per heavy atom. The Bertz CT molecular complexity index is 612. The molecular formula is C13H19FN2O5. The molecule has 1 aliphatic heterocycles. The summed E-state index contributed by atoms with van der Waals surface area (Å²) < 4.78 is 19.9. The SMILES string of the molecule is Cc1cn([C@H]2C[C@@H](O)[C@@H](CO)O2)c(=O)n(CCCF)c1=O. The molecule has 1 saturated heterocycles. The van der Waals surface area contributed by atoms with Crippen molar-refractivity contribution in [1.82, 2.24) is 9.13 Å². The Labute approximate surface area is 120 Å². The van der Waals surface area contributed by atoms with Gasteiger partial charge in [0.2, 0.25) is 0 Å². The molecule has 0 radical (unpaired) electrons. The van der Waals surface area contributed by atoms with Gasteiger partial charge in [0.15, 0.2) is 0 Å². The summed E-state index contributed by atoms with van der Waals surface area (Å²) in [6, 6.07) is 0. The van der Waals surface area contributed by atoms with Crippen LogP contribution in [0.25, 0.3) is 0 Å². The first-order valence-corrected chi connectivity index (χ1v) is 6.82. The van der Waals surface area contributed by atoms with Crippen molar-refractivity contribution in [2.45, 2.75) is 44.7 Å². The lowest BCUT2D eigenvalue weighted by Gasteiger charge is -2.17. The second-order valence-electron chi connectivity index (χ2n) is 5.12. The van der Waals surface area contributed by atoms with Crippen LogP contribution in [-0.2, 0) is 11.3 Å². The predicted molar refractivity (Wildman–Crippen MR) is 71.9 cm³/mol. The van der Waals surface area contributed by atoms with Crippen molar-refractivity contribution in [2.75, 3.05) is 13.3 Å². The van der Waals surface area contributed by atoms with E-state index in [-0.39, 0.29) is 26.0 Å². The predicted octanol–water partition coefficient (Wildman–Crippen LogP) is -0.681. The topological polar surface area (TPSA) is 93.7 Å². The summed E-state index contributed by atoms with van der Waals surface area (Å²) in [7, 11) is 0. The third-order valence-electron chi connectivity index (χ3n) is 3.58. The van der Waals surface area contributed by atoms with Crippen molar-refractivity contribution in [2.24, 2.45) is 0 Å². The zero-order chi connectivity index (χ0) is 15.6. The zero-order valence-electron chi connectivity index (χ0n) is 11.7. The molecule has 21 heavy (non-hydrogen) atoms. The van der Waals surface area contributed by atoms with E-state index in [1.54, 1.807) is 6.92 Å². The Balaban J connectivity index is 2.39. The van der Waals surface area contributed by atoms with Gasteiger partial charge in [-0.1, -0.05) is 0 Å². The lowest BCUT2D eigenvalue weighted by atomic mass is 10.2. The summed E-state index contributed by atoms with van der Waals surface area (Å²) in [5.74, 6) is 0. The van der Waals surface area contributed by atoms with Gasteiger partial charge in [0.05, 0.1) is 19.4 Å². The fourth-order valence-corrected chi connectivity index (χ4v) is 2.43. The third kappa shape index (κ3) is 3.07. The zero-order valence-corrected chi connectivity index (χ0v) is 11.7. The monoisotopic (exact) mass is 302 g/mol. The standard InChI is InChI=1S/C13H19FN2O5/c1-8-6-16(11-5-9(18)10(7-17)21-11)13(20)15(12(8)19)4-2-3-14/h6,9-11,17-18H,2-5,7H2,1H3/t9-,10-,11-/m1/s1. The molecule has 0 bridgehead atoms. The molecule has 1 aromatic heterocycles. The average Bonchev–Trinajstić information content (AvgIpc) is 2.84. The van der Waals surface area contributed by atoms with E-state index in [1.165, 1.54) is 10.8 Å². The van der Waals surface area contributed by atoms with Crippen LogP contribution in [0, 0.1) is 6.92 Å². The first-order chi connectivity index (χ1) is 9.99. The van der Waals surface area contributed by atoms with Crippen LogP contribution in [0.15, 0.2) is 15.8 Å². The first-order valence-electron chi connectivity index (χ1n) is 6.82. The van der Waals surface area contributed by atoms with Crippen LogP contribution >= 0.6 is 0 Å². The summed E-state index contributed by atoms with van der Waals surface area (Å²) in [6.07, 6.45) is -0.793. The number of nitrogens with zero attached hydrogens (tertiary/aromatic N) is 2. The molecule has 1 aromatic rings.